The fourth-order valence-corrected chi connectivity index (χ4v) is 4.84. The van der Waals surface area contributed by atoms with E-state index in [1.807, 2.05) is 60.7 Å². The predicted molar refractivity (Wildman–Crippen MR) is 144 cm³/mol. The number of Topliss-reactive ketones (excluding diaryl/α,β-unsaturated/α-hetero) is 1. The molecule has 8 nitrogen and oxygen atoms in total. The SMILES string of the molecule is CNC(=O)C(Cc1ccccc1)N(Cc1ccccc1)C(=O)CN(c1cccc(C(C)=O)c1)S(C)(=O)=O. The summed E-state index contributed by atoms with van der Waals surface area (Å²) in [5, 5.41) is 2.64. The monoisotopic (exact) mass is 521 g/mol. The molecule has 37 heavy (non-hydrogen) atoms. The van der Waals surface area contributed by atoms with Crippen LogP contribution in [0.1, 0.15) is 28.4 Å². The van der Waals surface area contributed by atoms with Gasteiger partial charge in [-0.3, -0.25) is 18.7 Å². The molecule has 0 heterocycles. The Morgan fingerprint density at radius 3 is 2.00 bits per heavy atom. The van der Waals surface area contributed by atoms with Crippen LogP contribution in [0.3, 0.4) is 0 Å². The maximum atomic E-state index is 13.8. The molecule has 3 rings (SSSR count). The highest BCUT2D eigenvalue weighted by atomic mass is 32.2. The number of likely N-dealkylation sites (N-methyl/N-ethyl adjacent to an activating group) is 1. The lowest BCUT2D eigenvalue weighted by Gasteiger charge is -2.33. The number of nitrogens with zero attached hydrogens (tertiary/aromatic N) is 2. The summed E-state index contributed by atoms with van der Waals surface area (Å²) in [7, 11) is -2.40. The van der Waals surface area contributed by atoms with Crippen LogP contribution in [0, 0.1) is 0 Å². The second-order valence-corrected chi connectivity index (χ2v) is 10.6. The molecule has 0 aromatic heterocycles. The molecule has 3 aromatic carbocycles. The molecule has 0 bridgehead atoms. The predicted octanol–water partition coefficient (Wildman–Crippen LogP) is 3.04. The number of hydrogen-bond acceptors (Lipinski definition) is 5. The van der Waals surface area contributed by atoms with Gasteiger partial charge >= 0.3 is 0 Å². The van der Waals surface area contributed by atoms with E-state index in [0.717, 1.165) is 21.7 Å². The number of carbonyl (C=O) groups is 3. The largest absolute Gasteiger partial charge is 0.357 e. The molecule has 3 aromatic rings. The van der Waals surface area contributed by atoms with Gasteiger partial charge in [-0.2, -0.15) is 0 Å². The lowest BCUT2D eigenvalue weighted by Crippen LogP contribution is -2.52. The van der Waals surface area contributed by atoms with Gasteiger partial charge in [0.1, 0.15) is 12.6 Å². The fraction of sp³-hybridized carbons (Fsp3) is 0.250. The number of sulfonamides is 1. The number of anilines is 1. The van der Waals surface area contributed by atoms with Crippen molar-refractivity contribution in [2.24, 2.45) is 0 Å². The van der Waals surface area contributed by atoms with E-state index in [4.69, 9.17) is 0 Å². The van der Waals surface area contributed by atoms with Crippen molar-refractivity contribution in [1.29, 1.82) is 0 Å². The summed E-state index contributed by atoms with van der Waals surface area (Å²) in [4.78, 5) is 40.2. The van der Waals surface area contributed by atoms with E-state index in [1.54, 1.807) is 12.1 Å². The van der Waals surface area contributed by atoms with Crippen molar-refractivity contribution < 1.29 is 22.8 Å². The van der Waals surface area contributed by atoms with Crippen molar-refractivity contribution in [3.05, 3.63) is 102 Å². The molecular formula is C28H31N3O5S. The van der Waals surface area contributed by atoms with E-state index < -0.39 is 28.5 Å². The van der Waals surface area contributed by atoms with Crippen LogP contribution >= 0.6 is 0 Å². The molecule has 0 aliphatic rings. The molecule has 1 unspecified atom stereocenters. The zero-order valence-electron chi connectivity index (χ0n) is 21.1. The maximum Gasteiger partial charge on any atom is 0.244 e. The molecule has 0 spiro atoms. The van der Waals surface area contributed by atoms with Gasteiger partial charge in [-0.05, 0) is 30.2 Å². The minimum Gasteiger partial charge on any atom is -0.357 e. The second-order valence-electron chi connectivity index (χ2n) is 8.70. The molecule has 2 amide bonds. The van der Waals surface area contributed by atoms with Crippen LogP contribution in [-0.2, 0) is 32.6 Å². The average molecular weight is 522 g/mol. The standard InChI is InChI=1S/C28H31N3O5S/c1-21(32)24-15-10-16-25(18-24)31(37(3,35)36)20-27(33)30(19-23-13-8-5-9-14-23)26(28(34)29-2)17-22-11-6-4-7-12-22/h4-16,18,26H,17,19-20H2,1-3H3,(H,29,34). The van der Waals surface area contributed by atoms with Crippen LogP contribution in [0.15, 0.2) is 84.9 Å². The van der Waals surface area contributed by atoms with Gasteiger partial charge in [-0.25, -0.2) is 8.42 Å². The van der Waals surface area contributed by atoms with Gasteiger partial charge in [0, 0.05) is 25.6 Å². The Labute approximate surface area is 218 Å². The zero-order chi connectivity index (χ0) is 27.0. The van der Waals surface area contributed by atoms with Crippen LogP contribution in [0.2, 0.25) is 0 Å². The maximum absolute atomic E-state index is 13.8. The molecular weight excluding hydrogens is 490 g/mol. The zero-order valence-corrected chi connectivity index (χ0v) is 21.9. The van der Waals surface area contributed by atoms with Gasteiger partial charge < -0.3 is 10.2 Å². The number of nitrogens with one attached hydrogen (secondary N) is 1. The van der Waals surface area contributed by atoms with E-state index in [-0.39, 0.29) is 30.3 Å². The molecule has 0 saturated carbocycles. The molecule has 0 saturated heterocycles. The van der Waals surface area contributed by atoms with Crippen molar-refractivity contribution in [2.45, 2.75) is 25.9 Å². The van der Waals surface area contributed by atoms with Gasteiger partial charge in [0.25, 0.3) is 0 Å². The Morgan fingerprint density at radius 1 is 0.865 bits per heavy atom. The number of amides is 2. The van der Waals surface area contributed by atoms with Crippen LogP contribution in [-0.4, -0.2) is 56.8 Å². The van der Waals surface area contributed by atoms with Crippen LogP contribution in [0.4, 0.5) is 5.69 Å². The number of benzene rings is 3. The third kappa shape index (κ3) is 7.50. The van der Waals surface area contributed by atoms with Crippen LogP contribution in [0.5, 0.6) is 0 Å². The van der Waals surface area contributed by atoms with E-state index >= 15 is 0 Å². The first-order valence-electron chi connectivity index (χ1n) is 11.8. The molecule has 0 aliphatic carbocycles. The molecule has 0 aliphatic heterocycles. The normalized spacial score (nSPS) is 11.9. The highest BCUT2D eigenvalue weighted by Crippen LogP contribution is 2.21. The summed E-state index contributed by atoms with van der Waals surface area (Å²) in [6, 6.07) is 23.8. The topological polar surface area (TPSA) is 104 Å². The Morgan fingerprint density at radius 2 is 1.46 bits per heavy atom. The molecule has 0 fully saturated rings. The lowest BCUT2D eigenvalue weighted by atomic mass is 10.0. The summed E-state index contributed by atoms with van der Waals surface area (Å²) in [6.45, 7) is 0.958. The summed E-state index contributed by atoms with van der Waals surface area (Å²) in [6.07, 6.45) is 1.25. The highest BCUT2D eigenvalue weighted by Gasteiger charge is 2.32. The molecule has 1 N–H and O–H groups in total. The second kappa shape index (κ2) is 12.3. The summed E-state index contributed by atoms with van der Waals surface area (Å²) in [5.74, 6) is -1.14. The van der Waals surface area contributed by atoms with Crippen molar-refractivity contribution in [3.63, 3.8) is 0 Å². The van der Waals surface area contributed by atoms with Crippen molar-refractivity contribution in [3.8, 4) is 0 Å². The van der Waals surface area contributed by atoms with Gasteiger partial charge in [0.05, 0.1) is 11.9 Å². The van der Waals surface area contributed by atoms with Crippen molar-refractivity contribution in [1.82, 2.24) is 10.2 Å². The number of carbonyl (C=O) groups excluding carboxylic acids is 3. The Balaban J connectivity index is 2.02. The van der Waals surface area contributed by atoms with Crippen molar-refractivity contribution in [2.75, 3.05) is 24.2 Å². The van der Waals surface area contributed by atoms with Crippen molar-refractivity contribution >= 4 is 33.3 Å². The minimum atomic E-state index is -3.90. The lowest BCUT2D eigenvalue weighted by molar-refractivity contribution is -0.139. The molecule has 1 atom stereocenters. The van der Waals surface area contributed by atoms with E-state index in [1.165, 1.54) is 31.0 Å². The first kappa shape index (κ1) is 27.6. The number of rotatable bonds is 11. The third-order valence-corrected chi connectivity index (χ3v) is 7.07. The van der Waals surface area contributed by atoms with Gasteiger partial charge in [-0.1, -0.05) is 72.8 Å². The Hall–Kier alpha value is -3.98. The van der Waals surface area contributed by atoms with E-state index in [9.17, 15) is 22.8 Å². The van der Waals surface area contributed by atoms with E-state index in [2.05, 4.69) is 5.32 Å². The van der Waals surface area contributed by atoms with Gasteiger partial charge in [0.15, 0.2) is 5.78 Å². The first-order chi connectivity index (χ1) is 17.6. The smallest absolute Gasteiger partial charge is 0.244 e. The van der Waals surface area contributed by atoms with Gasteiger partial charge in [-0.15, -0.1) is 0 Å². The molecule has 194 valence electrons. The Kier molecular flexibility index (Phi) is 9.19. The summed E-state index contributed by atoms with van der Waals surface area (Å²) >= 11 is 0. The van der Waals surface area contributed by atoms with E-state index in [0.29, 0.717) is 5.56 Å². The Bertz CT molecular complexity index is 1340. The van der Waals surface area contributed by atoms with Crippen LogP contribution in [0.25, 0.3) is 0 Å². The van der Waals surface area contributed by atoms with Gasteiger partial charge in [0.2, 0.25) is 21.8 Å². The minimum absolute atomic E-state index is 0.107. The quantitative estimate of drug-likeness (QED) is 0.391. The first-order valence-corrected chi connectivity index (χ1v) is 13.6. The number of ketones is 1. The average Bonchev–Trinajstić information content (AvgIpc) is 2.89. The fourth-order valence-electron chi connectivity index (χ4n) is 3.99. The molecule has 0 radical (unpaired) electrons. The highest BCUT2D eigenvalue weighted by molar-refractivity contribution is 7.92. The van der Waals surface area contributed by atoms with Crippen LogP contribution < -0.4 is 9.62 Å². The summed E-state index contributed by atoms with van der Waals surface area (Å²) < 4.78 is 26.5. The summed E-state index contributed by atoms with van der Waals surface area (Å²) in [5.41, 5.74) is 2.17. The molecule has 9 heteroatoms. The number of hydrogen-bond donors (Lipinski definition) is 1. The third-order valence-electron chi connectivity index (χ3n) is 5.93.